The molecule has 0 aliphatic heterocycles. The van der Waals surface area contributed by atoms with Crippen LogP contribution in [0.3, 0.4) is 0 Å². The van der Waals surface area contributed by atoms with Gasteiger partial charge in [-0.2, -0.15) is 0 Å². The third-order valence-electron chi connectivity index (χ3n) is 2.53. The summed E-state index contributed by atoms with van der Waals surface area (Å²) in [6.45, 7) is 0.561. The third kappa shape index (κ3) is 2.63. The van der Waals surface area contributed by atoms with Gasteiger partial charge in [0.05, 0.1) is 12.6 Å². The molecule has 4 heteroatoms. The van der Waals surface area contributed by atoms with Gasteiger partial charge in [-0.25, -0.2) is 0 Å². The largest absolute Gasteiger partial charge is 0.493 e. The molecule has 1 aliphatic rings. The van der Waals surface area contributed by atoms with Gasteiger partial charge in [0.1, 0.15) is 6.61 Å². The second kappa shape index (κ2) is 4.02. The Kier molecular flexibility index (Phi) is 2.89. The Morgan fingerprint density at radius 1 is 1.40 bits per heavy atom. The summed E-state index contributed by atoms with van der Waals surface area (Å²) in [4.78, 5) is 0. The van der Waals surface area contributed by atoms with E-state index in [1.807, 2.05) is 18.2 Å². The van der Waals surface area contributed by atoms with E-state index in [-0.39, 0.29) is 5.54 Å². The van der Waals surface area contributed by atoms with E-state index in [4.69, 9.17) is 15.2 Å². The minimum atomic E-state index is -0.0991. The van der Waals surface area contributed by atoms with Crippen LogP contribution in [0.15, 0.2) is 22.7 Å². The van der Waals surface area contributed by atoms with E-state index >= 15 is 0 Å². The molecule has 3 nitrogen and oxygen atoms in total. The number of ether oxygens (including phenoxy) is 2. The summed E-state index contributed by atoms with van der Waals surface area (Å²) < 4.78 is 11.8. The van der Waals surface area contributed by atoms with Crippen molar-refractivity contribution in [2.75, 3.05) is 13.7 Å². The highest BCUT2D eigenvalue weighted by Gasteiger charge is 2.39. The molecule has 1 aromatic rings. The lowest BCUT2D eigenvalue weighted by molar-refractivity contribution is 0.264. The van der Waals surface area contributed by atoms with Crippen molar-refractivity contribution in [3.05, 3.63) is 22.7 Å². The molecule has 0 amide bonds. The molecule has 82 valence electrons. The average molecular weight is 272 g/mol. The van der Waals surface area contributed by atoms with Crippen LogP contribution in [-0.4, -0.2) is 19.3 Å². The van der Waals surface area contributed by atoms with E-state index in [0.717, 1.165) is 28.8 Å². The minimum absolute atomic E-state index is 0.0991. The maximum atomic E-state index is 5.94. The Morgan fingerprint density at radius 2 is 2.13 bits per heavy atom. The summed E-state index contributed by atoms with van der Waals surface area (Å²) in [6, 6.07) is 5.69. The van der Waals surface area contributed by atoms with Crippen LogP contribution in [-0.2, 0) is 0 Å². The molecule has 1 aliphatic carbocycles. The Balaban J connectivity index is 2.06. The van der Waals surface area contributed by atoms with E-state index in [1.54, 1.807) is 7.11 Å². The van der Waals surface area contributed by atoms with Crippen molar-refractivity contribution in [1.82, 2.24) is 0 Å². The summed E-state index contributed by atoms with van der Waals surface area (Å²) in [5.74, 6) is 1.48. The van der Waals surface area contributed by atoms with Crippen LogP contribution in [0.5, 0.6) is 11.5 Å². The van der Waals surface area contributed by atoms with Crippen LogP contribution in [0.1, 0.15) is 12.8 Å². The Morgan fingerprint density at radius 3 is 2.73 bits per heavy atom. The van der Waals surface area contributed by atoms with Crippen molar-refractivity contribution >= 4 is 15.9 Å². The number of hydrogen-bond acceptors (Lipinski definition) is 3. The smallest absolute Gasteiger partial charge is 0.161 e. The first-order valence-electron chi connectivity index (χ1n) is 4.88. The highest BCUT2D eigenvalue weighted by Crippen LogP contribution is 2.35. The van der Waals surface area contributed by atoms with Crippen molar-refractivity contribution in [3.63, 3.8) is 0 Å². The zero-order valence-electron chi connectivity index (χ0n) is 8.63. The summed E-state index contributed by atoms with van der Waals surface area (Å²) in [7, 11) is 1.63. The Bertz CT molecular complexity index is 364. The molecule has 1 saturated carbocycles. The van der Waals surface area contributed by atoms with Crippen molar-refractivity contribution in [2.45, 2.75) is 18.4 Å². The van der Waals surface area contributed by atoms with E-state index in [2.05, 4.69) is 15.9 Å². The number of rotatable bonds is 4. The molecule has 1 aromatic carbocycles. The summed E-state index contributed by atoms with van der Waals surface area (Å²) in [5.41, 5.74) is 5.84. The van der Waals surface area contributed by atoms with Gasteiger partial charge in [0, 0.05) is 4.47 Å². The molecule has 2 N–H and O–H groups in total. The fourth-order valence-electron chi connectivity index (χ4n) is 1.29. The normalized spacial score (nSPS) is 17.3. The van der Waals surface area contributed by atoms with Gasteiger partial charge in [-0.05, 0) is 31.0 Å². The van der Waals surface area contributed by atoms with E-state index in [9.17, 15) is 0 Å². The Labute approximate surface area is 97.7 Å². The number of halogens is 1. The first-order chi connectivity index (χ1) is 7.13. The molecule has 0 heterocycles. The first kappa shape index (κ1) is 10.8. The van der Waals surface area contributed by atoms with Crippen LogP contribution >= 0.6 is 15.9 Å². The standard InChI is InChI=1S/C11H14BrNO2/c1-14-10-6-8(12)2-3-9(10)15-7-11(13)4-5-11/h2-3,6H,4-5,7,13H2,1H3. The number of benzene rings is 1. The van der Waals surface area contributed by atoms with Crippen LogP contribution in [0.25, 0.3) is 0 Å². The molecular weight excluding hydrogens is 258 g/mol. The third-order valence-corrected chi connectivity index (χ3v) is 3.03. The monoisotopic (exact) mass is 271 g/mol. The number of methoxy groups -OCH3 is 1. The van der Waals surface area contributed by atoms with Gasteiger partial charge in [0.15, 0.2) is 11.5 Å². The second-order valence-electron chi connectivity index (χ2n) is 3.95. The van der Waals surface area contributed by atoms with Gasteiger partial charge in [-0.3, -0.25) is 0 Å². The summed E-state index contributed by atoms with van der Waals surface area (Å²) in [6.07, 6.45) is 2.09. The molecule has 2 rings (SSSR count). The van der Waals surface area contributed by atoms with Gasteiger partial charge in [0.25, 0.3) is 0 Å². The lowest BCUT2D eigenvalue weighted by Crippen LogP contribution is -2.29. The molecule has 0 atom stereocenters. The van der Waals surface area contributed by atoms with Gasteiger partial charge in [0.2, 0.25) is 0 Å². The minimum Gasteiger partial charge on any atom is -0.493 e. The van der Waals surface area contributed by atoms with Crippen molar-refractivity contribution < 1.29 is 9.47 Å². The van der Waals surface area contributed by atoms with Crippen molar-refractivity contribution in [1.29, 1.82) is 0 Å². The molecule has 0 spiro atoms. The van der Waals surface area contributed by atoms with Crippen LogP contribution in [0.2, 0.25) is 0 Å². The summed E-state index contributed by atoms with van der Waals surface area (Å²) in [5, 5.41) is 0. The molecule has 0 aromatic heterocycles. The zero-order chi connectivity index (χ0) is 10.9. The van der Waals surface area contributed by atoms with Gasteiger partial charge in [-0.15, -0.1) is 0 Å². The molecule has 0 radical (unpaired) electrons. The first-order valence-corrected chi connectivity index (χ1v) is 5.67. The van der Waals surface area contributed by atoms with E-state index < -0.39 is 0 Å². The molecule has 0 bridgehead atoms. The molecular formula is C11H14BrNO2. The zero-order valence-corrected chi connectivity index (χ0v) is 10.2. The fourth-order valence-corrected chi connectivity index (χ4v) is 1.63. The Hall–Kier alpha value is -0.740. The van der Waals surface area contributed by atoms with Crippen molar-refractivity contribution in [2.24, 2.45) is 5.73 Å². The summed E-state index contributed by atoms with van der Waals surface area (Å²) >= 11 is 3.38. The number of nitrogens with two attached hydrogens (primary N) is 1. The van der Waals surface area contributed by atoms with E-state index in [0.29, 0.717) is 6.61 Å². The maximum Gasteiger partial charge on any atom is 0.161 e. The van der Waals surface area contributed by atoms with Crippen LogP contribution < -0.4 is 15.2 Å². The van der Waals surface area contributed by atoms with E-state index in [1.165, 1.54) is 0 Å². The quantitative estimate of drug-likeness (QED) is 0.914. The highest BCUT2D eigenvalue weighted by molar-refractivity contribution is 9.10. The van der Waals surface area contributed by atoms with Crippen molar-refractivity contribution in [3.8, 4) is 11.5 Å². The van der Waals surface area contributed by atoms with Gasteiger partial charge >= 0.3 is 0 Å². The molecule has 0 saturated heterocycles. The molecule has 15 heavy (non-hydrogen) atoms. The fraction of sp³-hybridized carbons (Fsp3) is 0.455. The van der Waals surface area contributed by atoms with Crippen LogP contribution in [0.4, 0.5) is 0 Å². The predicted molar refractivity (Wildman–Crippen MR) is 62.3 cm³/mol. The second-order valence-corrected chi connectivity index (χ2v) is 4.86. The lowest BCUT2D eigenvalue weighted by Gasteiger charge is -2.13. The van der Waals surface area contributed by atoms with Crippen LogP contribution in [0, 0.1) is 0 Å². The SMILES string of the molecule is COc1cc(Br)ccc1OCC1(N)CC1. The maximum absolute atomic E-state index is 5.94. The topological polar surface area (TPSA) is 44.5 Å². The van der Waals surface area contributed by atoms with Gasteiger partial charge < -0.3 is 15.2 Å². The van der Waals surface area contributed by atoms with Gasteiger partial charge in [-0.1, -0.05) is 15.9 Å². The lowest BCUT2D eigenvalue weighted by atomic mass is 10.3. The molecule has 1 fully saturated rings. The number of hydrogen-bond donors (Lipinski definition) is 1. The highest BCUT2D eigenvalue weighted by atomic mass is 79.9. The molecule has 0 unspecified atom stereocenters. The predicted octanol–water partition coefficient (Wildman–Crippen LogP) is 2.33. The average Bonchev–Trinajstić information content (AvgIpc) is 2.95.